The Kier molecular flexibility index (Phi) is 2.75. The van der Waals surface area contributed by atoms with E-state index in [4.69, 9.17) is 4.74 Å². The Morgan fingerprint density at radius 1 is 1.42 bits per heavy atom. The maximum absolute atomic E-state index is 11.3. The van der Waals surface area contributed by atoms with E-state index < -0.39 is 5.60 Å². The van der Waals surface area contributed by atoms with Gasteiger partial charge in [0.05, 0.1) is 6.26 Å². The molecule has 0 saturated carbocycles. The van der Waals surface area contributed by atoms with Crippen LogP contribution in [0, 0.1) is 0 Å². The van der Waals surface area contributed by atoms with Crippen molar-refractivity contribution in [1.29, 1.82) is 0 Å². The quantitative estimate of drug-likeness (QED) is 0.608. The Morgan fingerprint density at radius 2 is 2.08 bits per heavy atom. The number of halogens is 1. The third-order valence-electron chi connectivity index (χ3n) is 2.37. The van der Waals surface area contributed by atoms with Crippen molar-refractivity contribution in [2.24, 2.45) is 0 Å². The molecule has 3 nitrogen and oxygen atoms in total. The van der Waals surface area contributed by atoms with Crippen molar-refractivity contribution in [2.45, 2.75) is 18.4 Å². The summed E-state index contributed by atoms with van der Waals surface area (Å²) in [5, 5.41) is 3.20. The van der Waals surface area contributed by atoms with Gasteiger partial charge in [0.25, 0.3) is 0 Å². The van der Waals surface area contributed by atoms with Crippen LogP contribution in [0.15, 0.2) is 12.3 Å². The zero-order valence-electron chi connectivity index (χ0n) is 6.71. The maximum Gasteiger partial charge on any atom is 0.202 e. The van der Waals surface area contributed by atoms with Crippen LogP contribution in [0.1, 0.15) is 12.8 Å². The van der Waals surface area contributed by atoms with Gasteiger partial charge in [0, 0.05) is 18.9 Å². The lowest BCUT2D eigenvalue weighted by molar-refractivity contribution is -0.131. The second-order valence-electron chi connectivity index (χ2n) is 3.03. The van der Waals surface area contributed by atoms with E-state index in [1.165, 1.54) is 12.3 Å². The van der Waals surface area contributed by atoms with Crippen molar-refractivity contribution >= 4 is 18.2 Å². The van der Waals surface area contributed by atoms with E-state index >= 15 is 0 Å². The molecule has 0 atom stereocenters. The molecule has 0 amide bonds. The molecule has 0 bridgehead atoms. The topological polar surface area (TPSA) is 38.3 Å². The van der Waals surface area contributed by atoms with E-state index in [2.05, 4.69) is 5.32 Å². The molecular weight excluding hydrogens is 178 g/mol. The molecule has 0 radical (unpaired) electrons. The fraction of sp³-hybridized carbons (Fsp3) is 0.625. The SMILES string of the molecule is Cl.O=C1C=COC12CCNCC2. The maximum atomic E-state index is 11.3. The summed E-state index contributed by atoms with van der Waals surface area (Å²) in [4.78, 5) is 11.3. The van der Waals surface area contributed by atoms with E-state index in [1.54, 1.807) is 0 Å². The fourth-order valence-corrected chi connectivity index (χ4v) is 1.63. The highest BCUT2D eigenvalue weighted by Crippen LogP contribution is 2.28. The normalized spacial score (nSPS) is 25.2. The van der Waals surface area contributed by atoms with Crippen LogP contribution >= 0.6 is 12.4 Å². The predicted molar refractivity (Wildman–Crippen MR) is 47.3 cm³/mol. The lowest BCUT2D eigenvalue weighted by Crippen LogP contribution is -2.46. The molecule has 2 rings (SSSR count). The smallest absolute Gasteiger partial charge is 0.202 e. The summed E-state index contributed by atoms with van der Waals surface area (Å²) >= 11 is 0. The van der Waals surface area contributed by atoms with Gasteiger partial charge >= 0.3 is 0 Å². The first kappa shape index (κ1) is 9.55. The van der Waals surface area contributed by atoms with Crippen LogP contribution in [0.2, 0.25) is 0 Å². The summed E-state index contributed by atoms with van der Waals surface area (Å²) in [6, 6.07) is 0. The van der Waals surface area contributed by atoms with Crippen molar-refractivity contribution in [3.63, 3.8) is 0 Å². The van der Waals surface area contributed by atoms with Gasteiger partial charge in [-0.1, -0.05) is 0 Å². The van der Waals surface area contributed by atoms with Crippen LogP contribution in [0.4, 0.5) is 0 Å². The number of ether oxygens (including phenoxy) is 1. The molecular formula is C8H12ClNO2. The molecule has 2 aliphatic heterocycles. The Bertz CT molecular complexity index is 209. The molecule has 0 unspecified atom stereocenters. The first-order valence-electron chi connectivity index (χ1n) is 3.93. The van der Waals surface area contributed by atoms with Gasteiger partial charge in [-0.25, -0.2) is 0 Å². The Balaban J connectivity index is 0.000000720. The van der Waals surface area contributed by atoms with E-state index in [-0.39, 0.29) is 18.2 Å². The number of carbonyl (C=O) groups is 1. The van der Waals surface area contributed by atoms with Crippen molar-refractivity contribution in [1.82, 2.24) is 5.32 Å². The molecule has 68 valence electrons. The van der Waals surface area contributed by atoms with Crippen molar-refractivity contribution in [3.05, 3.63) is 12.3 Å². The van der Waals surface area contributed by atoms with Crippen LogP contribution < -0.4 is 5.32 Å². The van der Waals surface area contributed by atoms with E-state index in [0.717, 1.165) is 25.9 Å². The standard InChI is InChI=1S/C8H11NO2.ClH/c10-7-1-6-11-8(7)2-4-9-5-3-8;/h1,6,9H,2-5H2;1H. The largest absolute Gasteiger partial charge is 0.487 e. The van der Waals surface area contributed by atoms with Crippen molar-refractivity contribution in [3.8, 4) is 0 Å². The van der Waals surface area contributed by atoms with E-state index in [9.17, 15) is 4.79 Å². The van der Waals surface area contributed by atoms with Gasteiger partial charge in [0.2, 0.25) is 5.78 Å². The van der Waals surface area contributed by atoms with Crippen LogP contribution in [-0.4, -0.2) is 24.5 Å². The minimum Gasteiger partial charge on any atom is -0.487 e. The number of hydrogen-bond acceptors (Lipinski definition) is 3. The van der Waals surface area contributed by atoms with Crippen LogP contribution in [-0.2, 0) is 9.53 Å². The molecule has 0 aromatic rings. The minimum absolute atomic E-state index is 0. The summed E-state index contributed by atoms with van der Waals surface area (Å²) < 4.78 is 5.32. The Labute approximate surface area is 77.6 Å². The monoisotopic (exact) mass is 189 g/mol. The lowest BCUT2D eigenvalue weighted by Gasteiger charge is -2.31. The molecule has 0 aromatic carbocycles. The molecule has 1 N–H and O–H groups in total. The molecule has 1 fully saturated rings. The summed E-state index contributed by atoms with van der Waals surface area (Å²) in [7, 11) is 0. The Morgan fingerprint density at radius 3 is 2.58 bits per heavy atom. The lowest BCUT2D eigenvalue weighted by atomic mass is 9.89. The van der Waals surface area contributed by atoms with Gasteiger partial charge in [-0.2, -0.15) is 0 Å². The molecule has 2 aliphatic rings. The van der Waals surface area contributed by atoms with Crippen molar-refractivity contribution < 1.29 is 9.53 Å². The fourth-order valence-electron chi connectivity index (χ4n) is 1.63. The van der Waals surface area contributed by atoms with Crippen LogP contribution in [0.25, 0.3) is 0 Å². The number of piperidine rings is 1. The number of hydrogen-bond donors (Lipinski definition) is 1. The van der Waals surface area contributed by atoms with Gasteiger partial charge in [-0.15, -0.1) is 12.4 Å². The zero-order chi connectivity index (χ0) is 7.73. The summed E-state index contributed by atoms with van der Waals surface area (Å²) in [6.45, 7) is 1.76. The molecule has 4 heteroatoms. The third-order valence-corrected chi connectivity index (χ3v) is 2.37. The minimum atomic E-state index is -0.481. The zero-order valence-corrected chi connectivity index (χ0v) is 7.52. The number of carbonyl (C=O) groups excluding carboxylic acids is 1. The molecule has 2 heterocycles. The Hall–Kier alpha value is -0.540. The van der Waals surface area contributed by atoms with Gasteiger partial charge in [-0.3, -0.25) is 4.79 Å². The second kappa shape index (κ2) is 3.46. The predicted octanol–water partition coefficient (Wildman–Crippen LogP) is 0.643. The molecule has 0 aliphatic carbocycles. The molecule has 1 spiro atoms. The number of ketones is 1. The second-order valence-corrected chi connectivity index (χ2v) is 3.03. The molecule has 12 heavy (non-hydrogen) atoms. The number of nitrogens with one attached hydrogen (secondary N) is 1. The molecule has 0 aromatic heterocycles. The number of rotatable bonds is 0. The van der Waals surface area contributed by atoms with Crippen molar-refractivity contribution in [2.75, 3.05) is 13.1 Å². The first-order chi connectivity index (χ1) is 5.33. The van der Waals surface area contributed by atoms with E-state index in [1.807, 2.05) is 0 Å². The van der Waals surface area contributed by atoms with E-state index in [0.29, 0.717) is 0 Å². The van der Waals surface area contributed by atoms with Crippen LogP contribution in [0.5, 0.6) is 0 Å². The summed E-state index contributed by atoms with van der Waals surface area (Å²) in [5.74, 6) is 0.138. The van der Waals surface area contributed by atoms with Crippen LogP contribution in [0.3, 0.4) is 0 Å². The summed E-state index contributed by atoms with van der Waals surface area (Å²) in [5.41, 5.74) is -0.481. The van der Waals surface area contributed by atoms with Gasteiger partial charge in [0.15, 0.2) is 5.60 Å². The van der Waals surface area contributed by atoms with Gasteiger partial charge < -0.3 is 10.1 Å². The van der Waals surface area contributed by atoms with Gasteiger partial charge in [-0.05, 0) is 13.1 Å². The highest BCUT2D eigenvalue weighted by Gasteiger charge is 2.42. The highest BCUT2D eigenvalue weighted by molar-refractivity contribution is 5.98. The average molecular weight is 190 g/mol. The average Bonchev–Trinajstić information content (AvgIpc) is 2.36. The first-order valence-corrected chi connectivity index (χ1v) is 3.93. The third kappa shape index (κ3) is 1.34. The summed E-state index contributed by atoms with van der Waals surface area (Å²) in [6.07, 6.45) is 4.66. The highest BCUT2D eigenvalue weighted by atomic mass is 35.5. The molecule has 1 saturated heterocycles. The van der Waals surface area contributed by atoms with Gasteiger partial charge in [0.1, 0.15) is 0 Å².